The van der Waals surface area contributed by atoms with E-state index >= 15 is 0 Å². The summed E-state index contributed by atoms with van der Waals surface area (Å²) in [6, 6.07) is 8.65. The molecule has 0 aromatic heterocycles. The third kappa shape index (κ3) is 4.61. The van der Waals surface area contributed by atoms with Crippen molar-refractivity contribution in [3.63, 3.8) is 0 Å². The molecule has 0 saturated carbocycles. The number of rotatable bonds is 4. The Morgan fingerprint density at radius 1 is 1.44 bits per heavy atom. The molecular weight excluding hydrogens is 230 g/mol. The fraction of sp³-hybridized carbons (Fsp3) is 0.364. The molecule has 4 nitrogen and oxygen atoms in total. The van der Waals surface area contributed by atoms with Gasteiger partial charge in [-0.3, -0.25) is 0 Å². The first-order chi connectivity index (χ1) is 7.11. The molecule has 4 N–H and O–H groups in total. The molecular formula is C11H16ClNO3. The van der Waals surface area contributed by atoms with Crippen LogP contribution in [-0.2, 0) is 16.1 Å². The summed E-state index contributed by atoms with van der Waals surface area (Å²) >= 11 is 0. The Balaban J connectivity index is 0.00000225. The highest BCUT2D eigenvalue weighted by Gasteiger charge is 2.24. The second-order valence-electron chi connectivity index (χ2n) is 3.44. The van der Waals surface area contributed by atoms with Gasteiger partial charge in [0.1, 0.15) is 12.7 Å². The molecule has 0 aliphatic heterocycles. The zero-order valence-electron chi connectivity index (χ0n) is 9.10. The minimum atomic E-state index is -0.784. The standard InChI is InChI=1S/C11H15NO3.ClH/c1-8(13)10(12)11(14)15-7-9-5-3-2-4-6-9;/h2-6,8,10,13H,7,12H2,1H3;1H/t8-,10?;/m1./s1. The maximum atomic E-state index is 11.3. The van der Waals surface area contributed by atoms with Gasteiger partial charge in [0, 0.05) is 0 Å². The second kappa shape index (κ2) is 7.22. The molecule has 1 unspecified atom stereocenters. The van der Waals surface area contributed by atoms with Crippen molar-refractivity contribution in [1.82, 2.24) is 0 Å². The van der Waals surface area contributed by atoms with Crippen LogP contribution in [0.5, 0.6) is 0 Å². The zero-order valence-corrected chi connectivity index (χ0v) is 9.85. The molecule has 0 aliphatic rings. The van der Waals surface area contributed by atoms with E-state index in [0.717, 1.165) is 5.56 Å². The van der Waals surface area contributed by atoms with Gasteiger partial charge < -0.3 is 28.0 Å². The highest BCUT2D eigenvalue weighted by atomic mass is 35.5. The monoisotopic (exact) mass is 245 g/mol. The average Bonchev–Trinajstić information content (AvgIpc) is 2.26. The van der Waals surface area contributed by atoms with E-state index in [-0.39, 0.29) is 19.0 Å². The normalized spacial score (nSPS) is 13.4. The van der Waals surface area contributed by atoms with Crippen LogP contribution >= 0.6 is 0 Å². The summed E-state index contributed by atoms with van der Waals surface area (Å²) in [7, 11) is 0. The van der Waals surface area contributed by atoms with Gasteiger partial charge in [-0.05, 0) is 12.5 Å². The van der Waals surface area contributed by atoms with Crippen molar-refractivity contribution >= 4 is 5.97 Å². The Hall–Kier alpha value is -1.10. The fourth-order valence-corrected chi connectivity index (χ4v) is 1.03. The predicted octanol–water partition coefficient (Wildman–Crippen LogP) is -3.27. The molecule has 0 bridgehead atoms. The Kier molecular flexibility index (Phi) is 6.72. The highest BCUT2D eigenvalue weighted by molar-refractivity contribution is 5.74. The highest BCUT2D eigenvalue weighted by Crippen LogP contribution is 2.01. The first-order valence-corrected chi connectivity index (χ1v) is 4.83. The number of carbonyl (C=O) groups is 1. The number of aliphatic hydroxyl groups is 1. The van der Waals surface area contributed by atoms with Gasteiger partial charge in [-0.15, -0.1) is 0 Å². The Labute approximate surface area is 101 Å². The molecule has 1 aromatic rings. The predicted molar refractivity (Wildman–Crippen MR) is 54.6 cm³/mol. The third-order valence-electron chi connectivity index (χ3n) is 2.11. The number of esters is 1. The molecule has 2 atom stereocenters. The Morgan fingerprint density at radius 2 is 2.00 bits per heavy atom. The smallest absolute Gasteiger partial charge is 0.367 e. The van der Waals surface area contributed by atoms with Gasteiger partial charge >= 0.3 is 5.97 Å². The fourth-order valence-electron chi connectivity index (χ4n) is 1.03. The lowest BCUT2D eigenvalue weighted by Crippen LogP contribution is -3.00. The van der Waals surface area contributed by atoms with E-state index in [1.165, 1.54) is 6.92 Å². The van der Waals surface area contributed by atoms with E-state index in [4.69, 9.17) is 9.84 Å². The number of hydrogen-bond donors (Lipinski definition) is 2. The molecule has 90 valence electrons. The van der Waals surface area contributed by atoms with Crippen LogP contribution in [0.4, 0.5) is 0 Å². The summed E-state index contributed by atoms with van der Waals surface area (Å²) in [4.78, 5) is 11.3. The maximum absolute atomic E-state index is 11.3. The summed E-state index contributed by atoms with van der Waals surface area (Å²) in [6.45, 7) is 1.74. The first-order valence-electron chi connectivity index (χ1n) is 4.83. The van der Waals surface area contributed by atoms with Crippen LogP contribution in [0.2, 0.25) is 0 Å². The minimum Gasteiger partial charge on any atom is -1.00 e. The summed E-state index contributed by atoms with van der Waals surface area (Å²) < 4.78 is 4.99. The molecule has 0 radical (unpaired) electrons. The van der Waals surface area contributed by atoms with Crippen LogP contribution in [0.3, 0.4) is 0 Å². The zero-order chi connectivity index (χ0) is 11.3. The van der Waals surface area contributed by atoms with Crippen LogP contribution in [0.1, 0.15) is 12.5 Å². The minimum absolute atomic E-state index is 0. The first kappa shape index (κ1) is 14.9. The van der Waals surface area contributed by atoms with Crippen molar-refractivity contribution in [2.45, 2.75) is 25.7 Å². The average molecular weight is 246 g/mol. The molecule has 1 aromatic carbocycles. The Bertz CT molecular complexity index is 316. The lowest BCUT2D eigenvalue weighted by atomic mass is 10.2. The van der Waals surface area contributed by atoms with Gasteiger partial charge in [-0.1, -0.05) is 30.3 Å². The molecule has 0 amide bonds. The molecule has 0 heterocycles. The second-order valence-corrected chi connectivity index (χ2v) is 3.44. The van der Waals surface area contributed by atoms with Crippen molar-refractivity contribution in [2.24, 2.45) is 0 Å². The number of benzene rings is 1. The van der Waals surface area contributed by atoms with Crippen molar-refractivity contribution in [3.05, 3.63) is 35.9 Å². The molecule has 0 fully saturated rings. The van der Waals surface area contributed by atoms with Crippen molar-refractivity contribution in [2.75, 3.05) is 0 Å². The largest absolute Gasteiger partial charge is 1.00 e. The van der Waals surface area contributed by atoms with Crippen LogP contribution in [0, 0.1) is 0 Å². The van der Waals surface area contributed by atoms with Gasteiger partial charge in [0.2, 0.25) is 6.04 Å². The number of quaternary nitrogens is 1. The topological polar surface area (TPSA) is 74.2 Å². The van der Waals surface area contributed by atoms with E-state index in [1.54, 1.807) is 0 Å². The molecule has 5 heteroatoms. The number of hydrogen-bond acceptors (Lipinski definition) is 3. The lowest BCUT2D eigenvalue weighted by molar-refractivity contribution is -0.424. The van der Waals surface area contributed by atoms with Crippen molar-refractivity contribution in [1.29, 1.82) is 0 Å². The van der Waals surface area contributed by atoms with Crippen molar-refractivity contribution in [3.8, 4) is 0 Å². The number of ether oxygens (including phenoxy) is 1. The van der Waals surface area contributed by atoms with Gasteiger partial charge in [0.25, 0.3) is 0 Å². The van der Waals surface area contributed by atoms with E-state index in [0.29, 0.717) is 0 Å². The molecule has 0 spiro atoms. The molecule has 1 rings (SSSR count). The third-order valence-corrected chi connectivity index (χ3v) is 2.11. The SMILES string of the molecule is C[C@@H](O)C([NH3+])C(=O)OCc1ccccc1.[Cl-]. The summed E-state index contributed by atoms with van der Waals surface area (Å²) in [5.41, 5.74) is 4.45. The van der Waals surface area contributed by atoms with Crippen LogP contribution in [-0.4, -0.2) is 23.2 Å². The van der Waals surface area contributed by atoms with E-state index < -0.39 is 18.1 Å². The van der Waals surface area contributed by atoms with E-state index in [2.05, 4.69) is 5.73 Å². The molecule has 16 heavy (non-hydrogen) atoms. The van der Waals surface area contributed by atoms with E-state index in [1.807, 2.05) is 30.3 Å². The van der Waals surface area contributed by atoms with Gasteiger partial charge in [-0.2, -0.15) is 0 Å². The number of carbonyl (C=O) groups excluding carboxylic acids is 1. The quantitative estimate of drug-likeness (QED) is 0.547. The number of aliphatic hydroxyl groups excluding tert-OH is 1. The van der Waals surface area contributed by atoms with Crippen LogP contribution in [0.15, 0.2) is 30.3 Å². The number of halogens is 1. The Morgan fingerprint density at radius 3 is 2.50 bits per heavy atom. The van der Waals surface area contributed by atoms with Gasteiger partial charge in [0.05, 0.1) is 0 Å². The van der Waals surface area contributed by atoms with Gasteiger partial charge in [-0.25, -0.2) is 4.79 Å². The van der Waals surface area contributed by atoms with Crippen LogP contribution in [0.25, 0.3) is 0 Å². The van der Waals surface area contributed by atoms with Gasteiger partial charge in [0.15, 0.2) is 0 Å². The summed E-state index contributed by atoms with van der Waals surface area (Å²) in [6.07, 6.45) is -0.784. The van der Waals surface area contributed by atoms with Crippen LogP contribution < -0.4 is 18.1 Å². The molecule has 0 aliphatic carbocycles. The molecule has 0 saturated heterocycles. The van der Waals surface area contributed by atoms with E-state index in [9.17, 15) is 4.79 Å². The van der Waals surface area contributed by atoms with Crippen molar-refractivity contribution < 1.29 is 32.8 Å². The summed E-state index contributed by atoms with van der Waals surface area (Å²) in [5, 5.41) is 9.13. The summed E-state index contributed by atoms with van der Waals surface area (Å²) in [5.74, 6) is -0.478. The maximum Gasteiger partial charge on any atom is 0.367 e. The lowest BCUT2D eigenvalue weighted by Gasteiger charge is -2.10.